The second-order valence-electron chi connectivity index (χ2n) is 6.65. The zero-order valence-corrected chi connectivity index (χ0v) is 13.2. The van der Waals surface area contributed by atoms with E-state index in [-0.39, 0.29) is 6.03 Å². The molecule has 0 aromatic rings. The minimum absolute atomic E-state index is 0.207. The summed E-state index contributed by atoms with van der Waals surface area (Å²) in [6.45, 7) is 5.49. The van der Waals surface area contributed by atoms with E-state index in [0.29, 0.717) is 31.2 Å². The predicted octanol–water partition coefficient (Wildman–Crippen LogP) is 2.85. The standard InChI is InChI=1S/C16H28N2O3/c1-3-12-7-9-16(10-8-12,14(19)20)17-15(21)18(4-2)11-13-5-6-13/h12-13H,3-11H2,1-2H3,(H,17,21)(H,19,20). The minimum atomic E-state index is -1.06. The Hall–Kier alpha value is -1.26. The van der Waals surface area contributed by atoms with E-state index in [0.717, 1.165) is 25.8 Å². The smallest absolute Gasteiger partial charge is 0.329 e. The second-order valence-corrected chi connectivity index (χ2v) is 6.65. The molecular weight excluding hydrogens is 268 g/mol. The van der Waals surface area contributed by atoms with Crippen molar-refractivity contribution in [3.8, 4) is 0 Å². The molecule has 2 N–H and O–H groups in total. The van der Waals surface area contributed by atoms with Crippen LogP contribution in [0.25, 0.3) is 0 Å². The van der Waals surface area contributed by atoms with Gasteiger partial charge in [-0.1, -0.05) is 13.3 Å². The van der Waals surface area contributed by atoms with Crippen molar-refractivity contribution in [3.05, 3.63) is 0 Å². The SMILES string of the molecule is CCC1CCC(NC(=O)N(CC)CC2CC2)(C(=O)O)CC1. The van der Waals surface area contributed by atoms with E-state index in [2.05, 4.69) is 12.2 Å². The molecule has 2 rings (SSSR count). The van der Waals surface area contributed by atoms with Crippen LogP contribution in [0.5, 0.6) is 0 Å². The molecule has 2 saturated carbocycles. The Morgan fingerprint density at radius 1 is 1.14 bits per heavy atom. The maximum Gasteiger partial charge on any atom is 0.329 e. The third-order valence-corrected chi connectivity index (χ3v) is 5.14. The lowest BCUT2D eigenvalue weighted by Crippen LogP contribution is -2.59. The number of carboxylic acid groups (broad SMARTS) is 1. The van der Waals surface area contributed by atoms with Crippen molar-refractivity contribution in [3.63, 3.8) is 0 Å². The molecule has 0 heterocycles. The summed E-state index contributed by atoms with van der Waals surface area (Å²) in [5.74, 6) is 0.336. The molecule has 0 aromatic heterocycles. The van der Waals surface area contributed by atoms with E-state index >= 15 is 0 Å². The molecule has 0 aromatic carbocycles. The number of carbonyl (C=O) groups excluding carboxylic acids is 1. The van der Waals surface area contributed by atoms with Crippen LogP contribution in [0.15, 0.2) is 0 Å². The van der Waals surface area contributed by atoms with Crippen molar-refractivity contribution < 1.29 is 14.7 Å². The number of nitrogens with one attached hydrogen (secondary N) is 1. The van der Waals surface area contributed by atoms with Gasteiger partial charge in [0.15, 0.2) is 0 Å². The number of hydrogen-bond donors (Lipinski definition) is 2. The average molecular weight is 296 g/mol. The molecular formula is C16H28N2O3. The van der Waals surface area contributed by atoms with Gasteiger partial charge < -0.3 is 15.3 Å². The van der Waals surface area contributed by atoms with Gasteiger partial charge in [-0.2, -0.15) is 0 Å². The summed E-state index contributed by atoms with van der Waals surface area (Å²) in [5.41, 5.74) is -1.06. The van der Waals surface area contributed by atoms with Crippen LogP contribution in [-0.4, -0.2) is 40.6 Å². The molecule has 0 aliphatic heterocycles. The van der Waals surface area contributed by atoms with Crippen LogP contribution < -0.4 is 5.32 Å². The highest BCUT2D eigenvalue weighted by atomic mass is 16.4. The highest BCUT2D eigenvalue weighted by molar-refractivity contribution is 5.86. The molecule has 0 saturated heterocycles. The van der Waals surface area contributed by atoms with Gasteiger partial charge in [0.1, 0.15) is 5.54 Å². The number of amides is 2. The molecule has 2 amide bonds. The molecule has 0 spiro atoms. The lowest BCUT2D eigenvalue weighted by Gasteiger charge is -2.38. The van der Waals surface area contributed by atoms with Crippen LogP contribution in [0.3, 0.4) is 0 Å². The Morgan fingerprint density at radius 3 is 2.19 bits per heavy atom. The van der Waals surface area contributed by atoms with Crippen LogP contribution in [0.1, 0.15) is 58.8 Å². The Bertz CT molecular complexity index is 385. The summed E-state index contributed by atoms with van der Waals surface area (Å²) >= 11 is 0. The summed E-state index contributed by atoms with van der Waals surface area (Å²) in [6.07, 6.45) is 6.33. The number of urea groups is 1. The summed E-state index contributed by atoms with van der Waals surface area (Å²) in [5, 5.41) is 12.5. The van der Waals surface area contributed by atoms with Crippen LogP contribution in [0, 0.1) is 11.8 Å². The molecule has 0 atom stereocenters. The molecule has 2 fully saturated rings. The van der Waals surface area contributed by atoms with Crippen molar-refractivity contribution in [1.29, 1.82) is 0 Å². The highest BCUT2D eigenvalue weighted by Crippen LogP contribution is 2.34. The summed E-state index contributed by atoms with van der Waals surface area (Å²) in [7, 11) is 0. The minimum Gasteiger partial charge on any atom is -0.480 e. The second kappa shape index (κ2) is 6.67. The first-order valence-corrected chi connectivity index (χ1v) is 8.31. The van der Waals surface area contributed by atoms with Crippen molar-refractivity contribution in [2.75, 3.05) is 13.1 Å². The van der Waals surface area contributed by atoms with Gasteiger partial charge in [-0.15, -0.1) is 0 Å². The number of carbonyl (C=O) groups is 2. The average Bonchev–Trinajstić information content (AvgIpc) is 3.29. The maximum absolute atomic E-state index is 12.4. The van der Waals surface area contributed by atoms with E-state index in [1.54, 1.807) is 4.90 Å². The third kappa shape index (κ3) is 3.89. The normalized spacial score (nSPS) is 29.0. The van der Waals surface area contributed by atoms with Gasteiger partial charge in [0.25, 0.3) is 0 Å². The van der Waals surface area contributed by atoms with Crippen LogP contribution >= 0.6 is 0 Å². The predicted molar refractivity (Wildman–Crippen MR) is 81.1 cm³/mol. The van der Waals surface area contributed by atoms with Crippen LogP contribution in [-0.2, 0) is 4.79 Å². The molecule has 2 aliphatic carbocycles. The van der Waals surface area contributed by atoms with Crippen molar-refractivity contribution >= 4 is 12.0 Å². The fraction of sp³-hybridized carbons (Fsp3) is 0.875. The largest absolute Gasteiger partial charge is 0.480 e. The molecule has 0 radical (unpaired) electrons. The number of carboxylic acids is 1. The van der Waals surface area contributed by atoms with Crippen molar-refractivity contribution in [1.82, 2.24) is 10.2 Å². The fourth-order valence-corrected chi connectivity index (χ4v) is 3.22. The molecule has 0 unspecified atom stereocenters. The molecule has 21 heavy (non-hydrogen) atoms. The van der Waals surface area contributed by atoms with Crippen molar-refractivity contribution in [2.45, 2.75) is 64.3 Å². The Kier molecular flexibility index (Phi) is 5.12. The quantitative estimate of drug-likeness (QED) is 0.792. The van der Waals surface area contributed by atoms with Gasteiger partial charge in [-0.25, -0.2) is 9.59 Å². The first-order valence-electron chi connectivity index (χ1n) is 8.31. The Labute approximate surface area is 127 Å². The first kappa shape index (κ1) is 16.1. The monoisotopic (exact) mass is 296 g/mol. The zero-order chi connectivity index (χ0) is 15.5. The first-order chi connectivity index (χ1) is 10.0. The van der Waals surface area contributed by atoms with Gasteiger partial charge in [0, 0.05) is 13.1 Å². The fourth-order valence-electron chi connectivity index (χ4n) is 3.22. The van der Waals surface area contributed by atoms with E-state index in [4.69, 9.17) is 0 Å². The van der Waals surface area contributed by atoms with E-state index < -0.39 is 11.5 Å². The zero-order valence-electron chi connectivity index (χ0n) is 13.2. The van der Waals surface area contributed by atoms with Gasteiger partial charge in [0.2, 0.25) is 0 Å². The number of nitrogens with zero attached hydrogens (tertiary/aromatic N) is 1. The molecule has 5 heteroatoms. The third-order valence-electron chi connectivity index (χ3n) is 5.14. The van der Waals surface area contributed by atoms with Gasteiger partial charge in [-0.05, 0) is 57.3 Å². The van der Waals surface area contributed by atoms with Crippen LogP contribution in [0.4, 0.5) is 4.79 Å². The lowest BCUT2D eigenvalue weighted by molar-refractivity contribution is -0.146. The number of rotatable bonds is 6. The van der Waals surface area contributed by atoms with Gasteiger partial charge in [0.05, 0.1) is 0 Å². The molecule has 120 valence electrons. The Balaban J connectivity index is 1.98. The topological polar surface area (TPSA) is 69.6 Å². The highest BCUT2D eigenvalue weighted by Gasteiger charge is 2.43. The van der Waals surface area contributed by atoms with Crippen LogP contribution in [0.2, 0.25) is 0 Å². The summed E-state index contributed by atoms with van der Waals surface area (Å²) < 4.78 is 0. The van der Waals surface area contributed by atoms with E-state index in [9.17, 15) is 14.7 Å². The molecule has 5 nitrogen and oxygen atoms in total. The number of aliphatic carboxylic acids is 1. The molecule has 2 aliphatic rings. The number of hydrogen-bond acceptors (Lipinski definition) is 2. The van der Waals surface area contributed by atoms with Gasteiger partial charge >= 0.3 is 12.0 Å². The summed E-state index contributed by atoms with van der Waals surface area (Å²) in [6, 6.07) is -0.207. The van der Waals surface area contributed by atoms with E-state index in [1.165, 1.54) is 12.8 Å². The maximum atomic E-state index is 12.4. The molecule has 0 bridgehead atoms. The van der Waals surface area contributed by atoms with Crippen molar-refractivity contribution in [2.24, 2.45) is 11.8 Å². The van der Waals surface area contributed by atoms with Gasteiger partial charge in [-0.3, -0.25) is 0 Å². The summed E-state index contributed by atoms with van der Waals surface area (Å²) in [4.78, 5) is 25.9. The lowest BCUT2D eigenvalue weighted by atomic mass is 9.75. The Morgan fingerprint density at radius 2 is 1.76 bits per heavy atom. The van der Waals surface area contributed by atoms with E-state index in [1.807, 2.05) is 6.92 Å².